The van der Waals surface area contributed by atoms with Gasteiger partial charge < -0.3 is 14.8 Å². The van der Waals surface area contributed by atoms with Gasteiger partial charge in [0.1, 0.15) is 12.4 Å². The average Bonchev–Trinajstić information content (AvgIpc) is 2.74. The van der Waals surface area contributed by atoms with Gasteiger partial charge in [0.05, 0.1) is 13.2 Å². The topological polar surface area (TPSA) is 50.8 Å². The third-order valence-electron chi connectivity index (χ3n) is 4.51. The highest BCUT2D eigenvalue weighted by atomic mass is 32.2. The van der Waals surface area contributed by atoms with Crippen LogP contribution in [-0.4, -0.2) is 56.0 Å². The number of amides is 1. The van der Waals surface area contributed by atoms with E-state index in [-0.39, 0.29) is 5.91 Å². The summed E-state index contributed by atoms with van der Waals surface area (Å²) in [5.41, 5.74) is 1.05. The van der Waals surface area contributed by atoms with Crippen molar-refractivity contribution in [1.29, 1.82) is 0 Å². The molecule has 0 atom stereocenters. The highest BCUT2D eigenvalue weighted by Crippen LogP contribution is 2.18. The summed E-state index contributed by atoms with van der Waals surface area (Å²) in [4.78, 5) is 15.6. The second-order valence-electron chi connectivity index (χ2n) is 6.64. The van der Waals surface area contributed by atoms with Crippen LogP contribution in [0.1, 0.15) is 12.0 Å². The summed E-state index contributed by atoms with van der Waals surface area (Å²) in [7, 11) is 0. The van der Waals surface area contributed by atoms with Crippen LogP contribution < -0.4 is 10.1 Å². The highest BCUT2D eigenvalue weighted by Gasteiger charge is 2.10. The zero-order valence-electron chi connectivity index (χ0n) is 16.1. The predicted molar refractivity (Wildman–Crippen MR) is 113 cm³/mol. The van der Waals surface area contributed by atoms with Crippen molar-refractivity contribution in [3.05, 3.63) is 60.2 Å². The van der Waals surface area contributed by atoms with E-state index in [9.17, 15) is 4.79 Å². The van der Waals surface area contributed by atoms with Gasteiger partial charge in [-0.3, -0.25) is 9.69 Å². The van der Waals surface area contributed by atoms with Gasteiger partial charge in [0.25, 0.3) is 0 Å². The molecule has 1 aliphatic heterocycles. The summed E-state index contributed by atoms with van der Waals surface area (Å²) in [5.74, 6) is 1.70. The van der Waals surface area contributed by atoms with E-state index in [1.54, 1.807) is 11.8 Å². The quantitative estimate of drug-likeness (QED) is 0.621. The van der Waals surface area contributed by atoms with Crippen molar-refractivity contribution in [2.45, 2.75) is 17.9 Å². The van der Waals surface area contributed by atoms with Gasteiger partial charge in [-0.1, -0.05) is 30.3 Å². The van der Waals surface area contributed by atoms with Crippen molar-refractivity contribution in [3.63, 3.8) is 0 Å². The number of carbonyl (C=O) groups is 1. The molecular formula is C22H28N2O3S. The number of rotatable bonds is 10. The molecule has 1 heterocycles. The first-order chi connectivity index (χ1) is 13.8. The van der Waals surface area contributed by atoms with Crippen molar-refractivity contribution >= 4 is 17.7 Å². The van der Waals surface area contributed by atoms with Crippen LogP contribution in [0.25, 0.3) is 0 Å². The van der Waals surface area contributed by atoms with Crippen molar-refractivity contribution in [2.24, 2.45) is 0 Å². The van der Waals surface area contributed by atoms with Gasteiger partial charge in [0, 0.05) is 43.2 Å². The third kappa shape index (κ3) is 7.54. The van der Waals surface area contributed by atoms with Crippen LogP contribution in [0, 0.1) is 0 Å². The normalized spacial score (nSPS) is 14.6. The Morgan fingerprint density at radius 3 is 2.75 bits per heavy atom. The number of hydrogen-bond donors (Lipinski definition) is 1. The molecule has 0 aromatic heterocycles. The maximum Gasteiger partial charge on any atom is 0.221 e. The van der Waals surface area contributed by atoms with Crippen LogP contribution >= 0.6 is 11.8 Å². The molecule has 0 saturated carbocycles. The van der Waals surface area contributed by atoms with Gasteiger partial charge in [-0.15, -0.1) is 11.8 Å². The molecule has 1 fully saturated rings. The van der Waals surface area contributed by atoms with Gasteiger partial charge >= 0.3 is 0 Å². The molecule has 28 heavy (non-hydrogen) atoms. The average molecular weight is 401 g/mol. The minimum absolute atomic E-state index is 0.0714. The van der Waals surface area contributed by atoms with Crippen molar-refractivity contribution in [1.82, 2.24) is 10.2 Å². The van der Waals surface area contributed by atoms with Crippen LogP contribution in [0.2, 0.25) is 0 Å². The molecule has 2 aromatic rings. The zero-order chi connectivity index (χ0) is 19.4. The summed E-state index contributed by atoms with van der Waals surface area (Å²) in [6, 6.07) is 18.1. The fraction of sp³-hybridized carbons (Fsp3) is 0.409. The van der Waals surface area contributed by atoms with Crippen LogP contribution in [0.4, 0.5) is 0 Å². The molecule has 0 bridgehead atoms. The Hall–Kier alpha value is -2.02. The van der Waals surface area contributed by atoms with Gasteiger partial charge in [0.2, 0.25) is 5.91 Å². The molecule has 0 aliphatic carbocycles. The lowest BCUT2D eigenvalue weighted by Gasteiger charge is -2.26. The summed E-state index contributed by atoms with van der Waals surface area (Å²) < 4.78 is 11.2. The number of hydrogen-bond acceptors (Lipinski definition) is 5. The second kappa shape index (κ2) is 11.7. The number of thioether (sulfide) groups is 1. The Morgan fingerprint density at radius 1 is 1.11 bits per heavy atom. The monoisotopic (exact) mass is 400 g/mol. The molecule has 6 heteroatoms. The molecule has 1 aliphatic rings. The highest BCUT2D eigenvalue weighted by molar-refractivity contribution is 7.99. The lowest BCUT2D eigenvalue weighted by Crippen LogP contribution is -2.38. The third-order valence-corrected chi connectivity index (χ3v) is 5.52. The molecule has 3 rings (SSSR count). The van der Waals surface area contributed by atoms with E-state index in [1.807, 2.05) is 42.5 Å². The summed E-state index contributed by atoms with van der Waals surface area (Å²) in [6.07, 6.45) is 0.509. The molecular weight excluding hydrogens is 372 g/mol. The van der Waals surface area contributed by atoms with Gasteiger partial charge in [-0.25, -0.2) is 0 Å². The van der Waals surface area contributed by atoms with E-state index in [2.05, 4.69) is 22.3 Å². The van der Waals surface area contributed by atoms with E-state index in [0.717, 1.165) is 49.9 Å². The summed E-state index contributed by atoms with van der Waals surface area (Å²) in [5, 5.41) is 2.99. The first kappa shape index (κ1) is 20.7. The maximum absolute atomic E-state index is 12.1. The van der Waals surface area contributed by atoms with Crippen LogP contribution in [-0.2, 0) is 16.1 Å². The molecule has 0 unspecified atom stereocenters. The Bertz CT molecular complexity index is 721. The fourth-order valence-electron chi connectivity index (χ4n) is 2.93. The van der Waals surface area contributed by atoms with Crippen molar-refractivity contribution < 1.29 is 14.3 Å². The smallest absolute Gasteiger partial charge is 0.221 e. The molecule has 150 valence electrons. The second-order valence-corrected chi connectivity index (χ2v) is 7.81. The Kier molecular flexibility index (Phi) is 8.68. The number of morpholine rings is 1. The van der Waals surface area contributed by atoms with E-state index in [0.29, 0.717) is 19.6 Å². The molecule has 5 nitrogen and oxygen atoms in total. The Balaban J connectivity index is 1.33. The molecule has 1 N–H and O–H groups in total. The zero-order valence-corrected chi connectivity index (χ0v) is 17.0. The number of benzene rings is 2. The number of ether oxygens (including phenoxy) is 2. The molecule has 0 radical (unpaired) electrons. The lowest BCUT2D eigenvalue weighted by atomic mass is 10.2. The van der Waals surface area contributed by atoms with Gasteiger partial charge in [-0.05, 0) is 29.8 Å². The summed E-state index contributed by atoms with van der Waals surface area (Å²) in [6.45, 7) is 5.64. The van der Waals surface area contributed by atoms with Gasteiger partial charge in [0.15, 0.2) is 0 Å². The fourth-order valence-corrected chi connectivity index (χ4v) is 3.80. The Morgan fingerprint density at radius 2 is 1.93 bits per heavy atom. The van der Waals surface area contributed by atoms with Crippen LogP contribution in [0.15, 0.2) is 59.5 Å². The number of nitrogens with one attached hydrogen (secondary N) is 1. The minimum Gasteiger partial charge on any atom is -0.492 e. The SMILES string of the molecule is O=C(CCSc1ccccc1)NCc1cccc(OCCN2CCOCC2)c1. The molecule has 1 amide bonds. The number of carbonyl (C=O) groups excluding carboxylic acids is 1. The minimum atomic E-state index is 0.0714. The van der Waals surface area contributed by atoms with Crippen LogP contribution in [0.5, 0.6) is 5.75 Å². The maximum atomic E-state index is 12.1. The van der Waals surface area contributed by atoms with Crippen LogP contribution in [0.3, 0.4) is 0 Å². The first-order valence-electron chi connectivity index (χ1n) is 9.76. The van der Waals surface area contributed by atoms with E-state index >= 15 is 0 Å². The Labute approximate surface area is 171 Å². The van der Waals surface area contributed by atoms with Crippen molar-refractivity contribution in [2.75, 3.05) is 45.2 Å². The first-order valence-corrected chi connectivity index (χ1v) is 10.7. The predicted octanol–water partition coefficient (Wildman–Crippen LogP) is 3.20. The molecule has 1 saturated heterocycles. The molecule has 2 aromatic carbocycles. The van der Waals surface area contributed by atoms with E-state index < -0.39 is 0 Å². The van der Waals surface area contributed by atoms with E-state index in [4.69, 9.17) is 9.47 Å². The standard InChI is InChI=1S/C22H28N2O3S/c25-22(9-16-28-21-7-2-1-3-8-21)23-18-19-5-4-6-20(17-19)27-15-12-24-10-13-26-14-11-24/h1-8,17H,9-16,18H2,(H,23,25). The summed E-state index contributed by atoms with van der Waals surface area (Å²) >= 11 is 1.70. The lowest BCUT2D eigenvalue weighted by molar-refractivity contribution is -0.120. The number of nitrogens with zero attached hydrogens (tertiary/aromatic N) is 1. The molecule has 0 spiro atoms. The van der Waals surface area contributed by atoms with E-state index in [1.165, 1.54) is 4.90 Å². The largest absolute Gasteiger partial charge is 0.492 e. The van der Waals surface area contributed by atoms with Crippen molar-refractivity contribution in [3.8, 4) is 5.75 Å². The van der Waals surface area contributed by atoms with Gasteiger partial charge in [-0.2, -0.15) is 0 Å².